The number of rotatable bonds is 7. The van der Waals surface area contributed by atoms with Gasteiger partial charge in [-0.1, -0.05) is 6.07 Å². The Bertz CT molecular complexity index is 1070. The Kier molecular flexibility index (Phi) is 6.74. The van der Waals surface area contributed by atoms with Gasteiger partial charge in [0, 0.05) is 50.5 Å². The van der Waals surface area contributed by atoms with E-state index in [4.69, 9.17) is 9.47 Å². The lowest BCUT2D eigenvalue weighted by atomic mass is 9.94. The van der Waals surface area contributed by atoms with E-state index < -0.39 is 11.5 Å². The number of hydrogen-bond donors (Lipinski definition) is 2. The number of benzene rings is 1. The zero-order valence-corrected chi connectivity index (χ0v) is 20.9. The second kappa shape index (κ2) is 9.82. The molecule has 4 amide bonds. The molecule has 2 aliphatic carbocycles. The molecule has 0 unspecified atom stereocenters. The van der Waals surface area contributed by atoms with Crippen LogP contribution in [0.4, 0.5) is 10.5 Å². The third kappa shape index (κ3) is 4.48. The van der Waals surface area contributed by atoms with Crippen molar-refractivity contribution in [3.8, 4) is 0 Å². The van der Waals surface area contributed by atoms with E-state index in [2.05, 4.69) is 17.6 Å². The first kappa shape index (κ1) is 24.7. The van der Waals surface area contributed by atoms with Crippen LogP contribution in [0.25, 0.3) is 0 Å². The van der Waals surface area contributed by atoms with Crippen molar-refractivity contribution >= 4 is 29.3 Å². The SMILES string of the molecule is CNC(=O)Nc1ccc2c(c1)CC(=O)[C@]21OCN(CC(=O)N(CC2CCOCC2)[C@@H](C)C2CC2)C1=O. The minimum Gasteiger partial charge on any atom is -0.381 e. The standard InChI is InChI=1S/C26H34N4O6/c1-16(18-3-4-18)30(13-17-7-9-35-10-8-17)23(32)14-29-15-36-26(24(29)33)21-6-5-20(28-25(34)27-2)11-19(21)12-22(26)31/h5-6,11,16-18H,3-4,7-10,12-15H2,1-2H3,(H2,27,28,34)/t16-,26+/m0/s1. The van der Waals surface area contributed by atoms with Crippen molar-refractivity contribution in [2.45, 2.75) is 50.7 Å². The van der Waals surface area contributed by atoms with Crippen LogP contribution in [0.3, 0.4) is 0 Å². The van der Waals surface area contributed by atoms with Gasteiger partial charge in [0.1, 0.15) is 13.3 Å². The molecule has 194 valence electrons. The van der Waals surface area contributed by atoms with Crippen LogP contribution in [0.1, 0.15) is 43.7 Å². The smallest absolute Gasteiger partial charge is 0.318 e. The van der Waals surface area contributed by atoms with E-state index in [1.54, 1.807) is 18.2 Å². The lowest BCUT2D eigenvalue weighted by Crippen LogP contribution is -2.50. The van der Waals surface area contributed by atoms with Crippen molar-refractivity contribution in [1.29, 1.82) is 0 Å². The highest BCUT2D eigenvalue weighted by Crippen LogP contribution is 2.43. The highest BCUT2D eigenvalue weighted by atomic mass is 16.5. The van der Waals surface area contributed by atoms with Gasteiger partial charge in [-0.15, -0.1) is 0 Å². The third-order valence-electron chi connectivity index (χ3n) is 7.98. The molecule has 0 radical (unpaired) electrons. The minimum absolute atomic E-state index is 0.0285. The summed E-state index contributed by atoms with van der Waals surface area (Å²) in [5.74, 6) is -0.0458. The summed E-state index contributed by atoms with van der Waals surface area (Å²) in [7, 11) is 1.51. The predicted octanol–water partition coefficient (Wildman–Crippen LogP) is 1.63. The molecular weight excluding hydrogens is 464 g/mol. The molecule has 4 aliphatic rings. The Hall–Kier alpha value is -2.98. The zero-order valence-electron chi connectivity index (χ0n) is 20.9. The highest BCUT2D eigenvalue weighted by Gasteiger charge is 2.59. The number of hydrogen-bond acceptors (Lipinski definition) is 6. The van der Waals surface area contributed by atoms with Crippen LogP contribution >= 0.6 is 0 Å². The van der Waals surface area contributed by atoms with Gasteiger partial charge in [-0.05, 0) is 62.1 Å². The summed E-state index contributed by atoms with van der Waals surface area (Å²) in [6.45, 7) is 3.97. The number of Topliss-reactive ketones (excluding diaryl/α,β-unsaturated/α-hetero) is 1. The van der Waals surface area contributed by atoms with Gasteiger partial charge in [0.2, 0.25) is 11.5 Å². The monoisotopic (exact) mass is 498 g/mol. The largest absolute Gasteiger partial charge is 0.381 e. The van der Waals surface area contributed by atoms with Crippen molar-refractivity contribution in [1.82, 2.24) is 15.1 Å². The van der Waals surface area contributed by atoms with Gasteiger partial charge in [-0.2, -0.15) is 0 Å². The van der Waals surface area contributed by atoms with Gasteiger partial charge in [0.25, 0.3) is 5.91 Å². The van der Waals surface area contributed by atoms with Gasteiger partial charge < -0.3 is 29.9 Å². The van der Waals surface area contributed by atoms with E-state index in [1.165, 1.54) is 11.9 Å². The van der Waals surface area contributed by atoms with Crippen LogP contribution in [-0.4, -0.2) is 79.6 Å². The summed E-state index contributed by atoms with van der Waals surface area (Å²) >= 11 is 0. The zero-order chi connectivity index (χ0) is 25.4. The molecule has 0 aromatic heterocycles. The molecule has 2 N–H and O–H groups in total. The van der Waals surface area contributed by atoms with E-state index >= 15 is 0 Å². The van der Waals surface area contributed by atoms with E-state index in [0.717, 1.165) is 25.7 Å². The summed E-state index contributed by atoms with van der Waals surface area (Å²) in [6.07, 6.45) is 4.13. The average molecular weight is 499 g/mol. The van der Waals surface area contributed by atoms with Crippen molar-refractivity contribution in [3.05, 3.63) is 29.3 Å². The van der Waals surface area contributed by atoms with E-state index in [9.17, 15) is 19.2 Å². The molecule has 10 heteroatoms. The maximum absolute atomic E-state index is 13.6. The number of ketones is 1. The molecule has 36 heavy (non-hydrogen) atoms. The van der Waals surface area contributed by atoms with Gasteiger partial charge in [-0.3, -0.25) is 14.4 Å². The first-order valence-electron chi connectivity index (χ1n) is 12.8. The van der Waals surface area contributed by atoms with Crippen LogP contribution < -0.4 is 10.6 Å². The molecule has 1 spiro atoms. The molecule has 5 rings (SSSR count). The number of amides is 4. The van der Waals surface area contributed by atoms with Crippen molar-refractivity contribution in [2.24, 2.45) is 11.8 Å². The van der Waals surface area contributed by atoms with E-state index in [0.29, 0.717) is 48.4 Å². The number of anilines is 1. The molecule has 0 bridgehead atoms. The Morgan fingerprint density at radius 1 is 1.19 bits per heavy atom. The number of nitrogens with one attached hydrogen (secondary N) is 2. The second-order valence-corrected chi connectivity index (χ2v) is 10.3. The third-order valence-corrected chi connectivity index (χ3v) is 7.98. The van der Waals surface area contributed by atoms with Crippen LogP contribution in [0, 0.1) is 11.8 Å². The van der Waals surface area contributed by atoms with E-state index in [1.807, 2.05) is 4.90 Å². The summed E-state index contributed by atoms with van der Waals surface area (Å²) in [5, 5.41) is 5.15. The first-order chi connectivity index (χ1) is 17.3. The second-order valence-electron chi connectivity index (χ2n) is 10.3. The molecular formula is C26H34N4O6. The topological polar surface area (TPSA) is 117 Å². The van der Waals surface area contributed by atoms with Crippen LogP contribution in [0.2, 0.25) is 0 Å². The molecule has 2 aliphatic heterocycles. The number of ether oxygens (including phenoxy) is 2. The Morgan fingerprint density at radius 2 is 1.94 bits per heavy atom. The molecule has 1 saturated carbocycles. The van der Waals surface area contributed by atoms with Crippen LogP contribution in [-0.2, 0) is 35.9 Å². The molecule has 1 aromatic rings. The maximum Gasteiger partial charge on any atom is 0.318 e. The van der Waals surface area contributed by atoms with Crippen molar-refractivity contribution < 1.29 is 28.7 Å². The van der Waals surface area contributed by atoms with Gasteiger partial charge >= 0.3 is 6.03 Å². The number of fused-ring (bicyclic) bond motifs is 2. The molecule has 2 atom stereocenters. The lowest BCUT2D eigenvalue weighted by Gasteiger charge is -2.35. The Labute approximate surface area is 210 Å². The Balaban J connectivity index is 1.31. The lowest BCUT2D eigenvalue weighted by molar-refractivity contribution is -0.149. The van der Waals surface area contributed by atoms with Gasteiger partial charge in [0.15, 0.2) is 5.78 Å². The van der Waals surface area contributed by atoms with Crippen LogP contribution in [0.5, 0.6) is 0 Å². The minimum atomic E-state index is -1.71. The quantitative estimate of drug-likeness (QED) is 0.552. The number of carbonyl (C=O) groups excluding carboxylic acids is 4. The van der Waals surface area contributed by atoms with Crippen molar-refractivity contribution in [3.63, 3.8) is 0 Å². The molecule has 10 nitrogen and oxygen atoms in total. The summed E-state index contributed by atoms with van der Waals surface area (Å²) in [4.78, 5) is 55.2. The highest BCUT2D eigenvalue weighted by molar-refractivity contribution is 6.15. The normalized spacial score (nSPS) is 24.7. The van der Waals surface area contributed by atoms with Gasteiger partial charge in [-0.25, -0.2) is 4.79 Å². The number of urea groups is 1. The maximum atomic E-state index is 13.6. The summed E-state index contributed by atoms with van der Waals surface area (Å²) < 4.78 is 11.4. The van der Waals surface area contributed by atoms with Crippen molar-refractivity contribution in [2.75, 3.05) is 45.4 Å². The fraction of sp³-hybridized carbons (Fsp3) is 0.615. The predicted molar refractivity (Wildman–Crippen MR) is 130 cm³/mol. The number of carbonyl (C=O) groups is 4. The van der Waals surface area contributed by atoms with E-state index in [-0.39, 0.29) is 43.5 Å². The molecule has 2 heterocycles. The summed E-state index contributed by atoms with van der Waals surface area (Å²) in [6, 6.07) is 4.73. The molecule has 1 aromatic carbocycles. The fourth-order valence-corrected chi connectivity index (χ4v) is 5.62. The van der Waals surface area contributed by atoms with Gasteiger partial charge in [0.05, 0.1) is 0 Å². The molecule has 2 saturated heterocycles. The summed E-state index contributed by atoms with van der Waals surface area (Å²) in [5.41, 5.74) is -0.0677. The average Bonchev–Trinajstić information content (AvgIpc) is 3.63. The molecule has 3 fully saturated rings. The Morgan fingerprint density at radius 3 is 2.64 bits per heavy atom. The number of nitrogens with zero attached hydrogens (tertiary/aromatic N) is 2. The fourth-order valence-electron chi connectivity index (χ4n) is 5.62. The first-order valence-corrected chi connectivity index (χ1v) is 12.8. The van der Waals surface area contributed by atoms with Crippen LogP contribution in [0.15, 0.2) is 18.2 Å².